The molecule has 1 atom stereocenters. The van der Waals surface area contributed by atoms with Gasteiger partial charge in [-0.25, -0.2) is 0 Å². The van der Waals surface area contributed by atoms with Crippen molar-refractivity contribution in [1.82, 2.24) is 0 Å². The summed E-state index contributed by atoms with van der Waals surface area (Å²) in [4.78, 5) is 0. The second kappa shape index (κ2) is 12.3. The summed E-state index contributed by atoms with van der Waals surface area (Å²) in [6, 6.07) is 16.8. The lowest BCUT2D eigenvalue weighted by Crippen LogP contribution is -2.14. The zero-order valence-corrected chi connectivity index (χ0v) is 26.0. The number of rotatable bonds is 9. The highest BCUT2D eigenvalue weighted by Gasteiger charge is 2.14. The van der Waals surface area contributed by atoms with Crippen LogP contribution >= 0.6 is 0 Å². The number of benzene rings is 4. The lowest BCUT2D eigenvalue weighted by molar-refractivity contribution is 0.215. The van der Waals surface area contributed by atoms with E-state index in [2.05, 4.69) is 58.9 Å². The predicted molar refractivity (Wildman–Crippen MR) is 170 cm³/mol. The van der Waals surface area contributed by atoms with Crippen LogP contribution in [-0.4, -0.2) is 23.4 Å². The molecule has 0 aliphatic rings. The maximum absolute atomic E-state index is 10.1. The molecule has 4 aromatic carbocycles. The van der Waals surface area contributed by atoms with Crippen LogP contribution in [0.1, 0.15) is 57.9 Å². The molecular formula is C37H44O4. The van der Waals surface area contributed by atoms with E-state index in [1.54, 1.807) is 0 Å². The molecule has 4 aromatic rings. The van der Waals surface area contributed by atoms with Crippen molar-refractivity contribution in [3.63, 3.8) is 0 Å². The molecule has 4 heteroatoms. The molecule has 0 amide bonds. The van der Waals surface area contributed by atoms with Crippen molar-refractivity contribution in [2.45, 2.75) is 68.7 Å². The van der Waals surface area contributed by atoms with E-state index in [4.69, 9.17) is 9.47 Å². The smallest absolute Gasteiger partial charge is 0.125 e. The van der Waals surface area contributed by atoms with Crippen LogP contribution in [0, 0.1) is 61.3 Å². The second-order valence-corrected chi connectivity index (χ2v) is 11.8. The van der Waals surface area contributed by atoms with Gasteiger partial charge in [0, 0.05) is 0 Å². The fourth-order valence-corrected chi connectivity index (χ4v) is 5.61. The van der Waals surface area contributed by atoms with Crippen molar-refractivity contribution in [1.29, 1.82) is 0 Å². The molecule has 0 heterocycles. The van der Waals surface area contributed by atoms with Crippen LogP contribution < -0.4 is 9.47 Å². The molecule has 41 heavy (non-hydrogen) atoms. The third kappa shape index (κ3) is 6.70. The van der Waals surface area contributed by atoms with E-state index >= 15 is 0 Å². The molecule has 0 aliphatic heterocycles. The Bertz CT molecular complexity index is 1490. The molecule has 2 N–H and O–H groups in total. The van der Waals surface area contributed by atoms with Gasteiger partial charge in [0.25, 0.3) is 0 Å². The molecule has 0 spiro atoms. The van der Waals surface area contributed by atoms with Crippen LogP contribution in [0.15, 0.2) is 48.5 Å². The van der Waals surface area contributed by atoms with Crippen molar-refractivity contribution < 1.29 is 19.7 Å². The summed E-state index contributed by atoms with van der Waals surface area (Å²) in [6.45, 7) is 19.6. The zero-order chi connectivity index (χ0) is 30.0. The Morgan fingerprint density at radius 3 is 1.12 bits per heavy atom. The number of aryl methyl sites for hydroxylation is 8. The van der Waals surface area contributed by atoms with Gasteiger partial charge in [-0.2, -0.15) is 0 Å². The molecule has 1 unspecified atom stereocenters. The molecule has 0 saturated heterocycles. The van der Waals surface area contributed by atoms with Crippen LogP contribution in [0.4, 0.5) is 0 Å². The van der Waals surface area contributed by atoms with E-state index < -0.39 is 0 Å². The lowest BCUT2D eigenvalue weighted by Gasteiger charge is -2.19. The van der Waals surface area contributed by atoms with Gasteiger partial charge in [0.15, 0.2) is 0 Å². The Kier molecular flexibility index (Phi) is 9.01. The molecule has 0 fully saturated rings. The predicted octanol–water partition coefficient (Wildman–Crippen LogP) is 9.38. The summed E-state index contributed by atoms with van der Waals surface area (Å²) in [5.41, 5.74) is 12.4. The van der Waals surface area contributed by atoms with Crippen molar-refractivity contribution >= 4 is 0 Å². The van der Waals surface area contributed by atoms with Gasteiger partial charge in [0.1, 0.15) is 23.0 Å². The van der Waals surface area contributed by atoms with Crippen LogP contribution in [0.3, 0.4) is 0 Å². The minimum Gasteiger partial charge on any atom is -0.507 e. The van der Waals surface area contributed by atoms with Crippen molar-refractivity contribution in [3.05, 3.63) is 93.0 Å². The number of hydrogen-bond acceptors (Lipinski definition) is 4. The van der Waals surface area contributed by atoms with Crippen LogP contribution in [-0.2, 0) is 0 Å². The molecule has 0 aromatic heterocycles. The Morgan fingerprint density at radius 2 is 0.780 bits per heavy atom. The number of ether oxygens (including phenoxy) is 2. The summed E-state index contributed by atoms with van der Waals surface area (Å²) in [7, 11) is 0. The minimum atomic E-state index is 0.332. The number of aromatic hydroxyl groups is 2. The maximum Gasteiger partial charge on any atom is 0.125 e. The van der Waals surface area contributed by atoms with Gasteiger partial charge in [0.05, 0.1) is 13.2 Å². The molecular weight excluding hydrogens is 508 g/mol. The molecule has 4 rings (SSSR count). The standard InChI is InChI=1S/C37H44O4/c1-21(20-41-37-28(8)18-33(19-29(37)9)31-14-24(4)35(39)25(5)15-31)10-11-40-36-26(6)16-32(17-27(36)7)30-12-22(2)34(38)23(3)13-30/h12-19,21,38-39H,10-11,20H2,1-9H3. The summed E-state index contributed by atoms with van der Waals surface area (Å²) < 4.78 is 12.6. The summed E-state index contributed by atoms with van der Waals surface area (Å²) in [5, 5.41) is 20.3. The Hall–Kier alpha value is -3.92. The van der Waals surface area contributed by atoms with E-state index in [0.717, 1.165) is 84.7 Å². The number of hydrogen-bond donors (Lipinski definition) is 2. The highest BCUT2D eigenvalue weighted by molar-refractivity contribution is 5.71. The SMILES string of the molecule is Cc1cc(-c2cc(C)c(OCCC(C)COc3c(C)cc(-c4cc(C)c(O)c(C)c4)cc3C)c(C)c2)cc(C)c1O. The van der Waals surface area contributed by atoms with Crippen molar-refractivity contribution in [2.75, 3.05) is 13.2 Å². The lowest BCUT2D eigenvalue weighted by atomic mass is 9.96. The normalized spacial score (nSPS) is 11.9. The number of phenolic OH excluding ortho intramolecular Hbond substituents is 2. The van der Waals surface area contributed by atoms with Crippen LogP contribution in [0.5, 0.6) is 23.0 Å². The van der Waals surface area contributed by atoms with E-state index in [1.807, 2.05) is 52.0 Å². The molecule has 4 nitrogen and oxygen atoms in total. The summed E-state index contributed by atoms with van der Waals surface area (Å²) in [5.74, 6) is 2.94. The fourth-order valence-electron chi connectivity index (χ4n) is 5.61. The average Bonchev–Trinajstić information content (AvgIpc) is 2.90. The molecule has 0 saturated carbocycles. The van der Waals surface area contributed by atoms with Gasteiger partial charge >= 0.3 is 0 Å². The first-order chi connectivity index (χ1) is 19.3. The van der Waals surface area contributed by atoms with Gasteiger partial charge in [-0.3, -0.25) is 0 Å². The first-order valence-corrected chi connectivity index (χ1v) is 14.4. The van der Waals surface area contributed by atoms with Crippen LogP contribution in [0.2, 0.25) is 0 Å². The minimum absolute atomic E-state index is 0.332. The highest BCUT2D eigenvalue weighted by Crippen LogP contribution is 2.35. The van der Waals surface area contributed by atoms with E-state index in [-0.39, 0.29) is 0 Å². The van der Waals surface area contributed by atoms with Gasteiger partial charge in [0.2, 0.25) is 0 Å². The first-order valence-electron chi connectivity index (χ1n) is 14.4. The Labute approximate surface area is 245 Å². The number of phenols is 2. The van der Waals surface area contributed by atoms with Gasteiger partial charge < -0.3 is 19.7 Å². The average molecular weight is 553 g/mol. The summed E-state index contributed by atoms with van der Waals surface area (Å²) >= 11 is 0. The summed E-state index contributed by atoms with van der Waals surface area (Å²) in [6.07, 6.45) is 0.888. The van der Waals surface area contributed by atoms with E-state index in [1.165, 1.54) is 0 Å². The monoisotopic (exact) mass is 552 g/mol. The Morgan fingerprint density at radius 1 is 0.488 bits per heavy atom. The van der Waals surface area contributed by atoms with Crippen molar-refractivity contribution in [2.24, 2.45) is 5.92 Å². The first kappa shape index (κ1) is 30.0. The topological polar surface area (TPSA) is 58.9 Å². The van der Waals surface area contributed by atoms with E-state index in [9.17, 15) is 10.2 Å². The maximum atomic E-state index is 10.1. The molecule has 216 valence electrons. The molecule has 0 radical (unpaired) electrons. The Balaban J connectivity index is 1.36. The van der Waals surface area contributed by atoms with E-state index in [0.29, 0.717) is 30.6 Å². The fraction of sp³-hybridized carbons (Fsp3) is 0.351. The van der Waals surface area contributed by atoms with Crippen molar-refractivity contribution in [3.8, 4) is 45.3 Å². The van der Waals surface area contributed by atoms with Gasteiger partial charge in [-0.1, -0.05) is 6.92 Å². The third-order valence-corrected chi connectivity index (χ3v) is 7.94. The van der Waals surface area contributed by atoms with Gasteiger partial charge in [-0.15, -0.1) is 0 Å². The molecule has 0 bridgehead atoms. The van der Waals surface area contributed by atoms with Crippen LogP contribution in [0.25, 0.3) is 22.3 Å². The third-order valence-electron chi connectivity index (χ3n) is 7.94. The largest absolute Gasteiger partial charge is 0.507 e. The highest BCUT2D eigenvalue weighted by atomic mass is 16.5. The second-order valence-electron chi connectivity index (χ2n) is 11.8. The molecule has 0 aliphatic carbocycles. The van der Waals surface area contributed by atoms with Gasteiger partial charge in [-0.05, 0) is 183 Å². The zero-order valence-electron chi connectivity index (χ0n) is 26.0. The quantitative estimate of drug-likeness (QED) is 0.217.